The number of rotatable bonds is 6. The fourth-order valence-electron chi connectivity index (χ4n) is 3.46. The molecule has 0 aliphatic carbocycles. The lowest BCUT2D eigenvalue weighted by molar-refractivity contribution is 0.0210. The Morgan fingerprint density at radius 3 is 2.81 bits per heavy atom. The molecule has 0 atom stereocenters. The normalized spacial score (nSPS) is 15.7. The van der Waals surface area contributed by atoms with E-state index >= 15 is 0 Å². The number of fused-ring (bicyclic) bond motifs is 3. The molecule has 1 aliphatic rings. The fraction of sp³-hybridized carbons (Fsp3) is 0.500. The van der Waals surface area contributed by atoms with Crippen molar-refractivity contribution in [3.63, 3.8) is 0 Å². The van der Waals surface area contributed by atoms with Crippen LogP contribution in [0.4, 0.5) is 0 Å². The number of nitrogens with zero attached hydrogens (tertiary/aromatic N) is 5. The van der Waals surface area contributed by atoms with E-state index in [1.807, 2.05) is 28.7 Å². The smallest absolute Gasteiger partial charge is 0.262 e. The van der Waals surface area contributed by atoms with Crippen LogP contribution in [0, 0.1) is 4.77 Å². The van der Waals surface area contributed by atoms with Gasteiger partial charge in [-0.2, -0.15) is 0 Å². The van der Waals surface area contributed by atoms with Gasteiger partial charge in [0.25, 0.3) is 5.56 Å². The molecule has 0 bridgehead atoms. The molecule has 3 aromatic rings. The van der Waals surface area contributed by atoms with E-state index in [0.29, 0.717) is 49.0 Å². The van der Waals surface area contributed by atoms with E-state index in [9.17, 15) is 4.79 Å². The third kappa shape index (κ3) is 3.43. The number of para-hydroxylation sites is 1. The second-order valence-electron chi connectivity index (χ2n) is 6.61. The fourth-order valence-corrected chi connectivity index (χ4v) is 3.74. The van der Waals surface area contributed by atoms with E-state index in [0.717, 1.165) is 25.0 Å². The second-order valence-corrected chi connectivity index (χ2v) is 6.97. The molecule has 1 aliphatic heterocycles. The van der Waals surface area contributed by atoms with Crippen LogP contribution in [0.25, 0.3) is 16.7 Å². The van der Waals surface area contributed by atoms with E-state index < -0.39 is 0 Å². The highest BCUT2D eigenvalue weighted by Gasteiger charge is 2.17. The molecule has 4 rings (SSSR count). The molecule has 8 nitrogen and oxygen atoms in total. The minimum absolute atomic E-state index is 0.0484. The topological polar surface area (TPSA) is 65.9 Å². The minimum atomic E-state index is -0.0484. The number of hydrogen-bond acceptors (Lipinski definition) is 6. The summed E-state index contributed by atoms with van der Waals surface area (Å²) in [5, 5.41) is 5.35. The largest absolute Gasteiger partial charge is 0.385 e. The molecule has 9 heteroatoms. The quantitative estimate of drug-likeness (QED) is 0.470. The monoisotopic (exact) mass is 389 g/mol. The summed E-state index contributed by atoms with van der Waals surface area (Å²) in [6.45, 7) is 4.82. The van der Waals surface area contributed by atoms with Gasteiger partial charge in [0, 0.05) is 33.4 Å². The number of aromatic nitrogens is 4. The second kappa shape index (κ2) is 7.89. The van der Waals surface area contributed by atoms with Gasteiger partial charge in [0.2, 0.25) is 10.5 Å². The number of aryl methyl sites for hydroxylation is 1. The summed E-state index contributed by atoms with van der Waals surface area (Å²) in [4.78, 5) is 15.3. The zero-order chi connectivity index (χ0) is 18.8. The maximum Gasteiger partial charge on any atom is 0.262 e. The summed E-state index contributed by atoms with van der Waals surface area (Å²) in [6, 6.07) is 7.54. The molecule has 1 aromatic carbocycles. The van der Waals surface area contributed by atoms with Gasteiger partial charge in [-0.25, -0.2) is 4.68 Å². The Bertz CT molecular complexity index is 1060. The Labute approximate surface area is 161 Å². The van der Waals surface area contributed by atoms with Gasteiger partial charge in [-0.05, 0) is 30.8 Å². The van der Waals surface area contributed by atoms with Crippen molar-refractivity contribution in [1.82, 2.24) is 23.6 Å². The van der Waals surface area contributed by atoms with Crippen molar-refractivity contribution in [2.75, 3.05) is 40.0 Å². The molecule has 0 N–H and O–H groups in total. The number of methoxy groups -OCH3 is 1. The van der Waals surface area contributed by atoms with E-state index in [-0.39, 0.29) is 5.56 Å². The van der Waals surface area contributed by atoms with Crippen molar-refractivity contribution in [2.24, 2.45) is 0 Å². The van der Waals surface area contributed by atoms with Crippen LogP contribution >= 0.6 is 12.2 Å². The average molecular weight is 389 g/mol. The highest BCUT2D eigenvalue weighted by Crippen LogP contribution is 2.15. The van der Waals surface area contributed by atoms with E-state index in [4.69, 9.17) is 26.8 Å². The van der Waals surface area contributed by atoms with Crippen LogP contribution in [-0.4, -0.2) is 63.7 Å². The lowest BCUT2D eigenvalue weighted by atomic mass is 10.2. The van der Waals surface area contributed by atoms with Gasteiger partial charge < -0.3 is 9.47 Å². The highest BCUT2D eigenvalue weighted by atomic mass is 32.1. The molecule has 2 aromatic heterocycles. The van der Waals surface area contributed by atoms with E-state index in [1.165, 1.54) is 0 Å². The number of morpholine rings is 1. The zero-order valence-corrected chi connectivity index (χ0v) is 16.2. The van der Waals surface area contributed by atoms with Crippen molar-refractivity contribution in [2.45, 2.75) is 19.6 Å². The van der Waals surface area contributed by atoms with Gasteiger partial charge in [-0.1, -0.05) is 12.1 Å². The first kappa shape index (κ1) is 18.3. The van der Waals surface area contributed by atoms with Gasteiger partial charge in [-0.15, -0.1) is 5.10 Å². The van der Waals surface area contributed by atoms with Crippen molar-refractivity contribution in [3.8, 4) is 0 Å². The lowest BCUT2D eigenvalue weighted by Crippen LogP contribution is -2.37. The molecule has 1 saturated heterocycles. The molecule has 0 spiro atoms. The summed E-state index contributed by atoms with van der Waals surface area (Å²) in [6.07, 6.45) is 0.730. The third-order valence-electron chi connectivity index (χ3n) is 4.85. The summed E-state index contributed by atoms with van der Waals surface area (Å²) < 4.78 is 16.6. The highest BCUT2D eigenvalue weighted by molar-refractivity contribution is 7.71. The Balaban J connectivity index is 1.87. The first-order valence-corrected chi connectivity index (χ1v) is 9.51. The average Bonchev–Trinajstić information content (AvgIpc) is 3.01. The van der Waals surface area contributed by atoms with Gasteiger partial charge in [0.1, 0.15) is 0 Å². The van der Waals surface area contributed by atoms with Crippen LogP contribution in [0.15, 0.2) is 29.1 Å². The van der Waals surface area contributed by atoms with Crippen LogP contribution in [0.2, 0.25) is 0 Å². The maximum atomic E-state index is 13.0. The molecule has 1 fully saturated rings. The molecule has 0 amide bonds. The predicted molar refractivity (Wildman–Crippen MR) is 105 cm³/mol. The first-order chi connectivity index (χ1) is 13.2. The minimum Gasteiger partial charge on any atom is -0.385 e. The Hall–Kier alpha value is -2.07. The number of benzene rings is 1. The molecular weight excluding hydrogens is 366 g/mol. The van der Waals surface area contributed by atoms with Crippen molar-refractivity contribution in [3.05, 3.63) is 39.4 Å². The van der Waals surface area contributed by atoms with Crippen molar-refractivity contribution in [1.29, 1.82) is 0 Å². The molecule has 0 radical (unpaired) electrons. The van der Waals surface area contributed by atoms with Crippen molar-refractivity contribution < 1.29 is 9.47 Å². The molecule has 27 heavy (non-hydrogen) atoms. The Morgan fingerprint density at radius 2 is 2.04 bits per heavy atom. The lowest BCUT2D eigenvalue weighted by Gasteiger charge is -2.25. The maximum absolute atomic E-state index is 13.0. The van der Waals surface area contributed by atoms with Gasteiger partial charge in [0.15, 0.2) is 0 Å². The number of ether oxygens (including phenoxy) is 2. The summed E-state index contributed by atoms with van der Waals surface area (Å²) in [5.74, 6) is 0.577. The standard InChI is InChI=1S/C18H23N5O3S/c1-25-10-4-7-21-16(24)14-5-2-3-6-15(14)23-17(21)19-22(18(23)27)13-20-8-11-26-12-9-20/h2-3,5-6H,4,7-13H2,1H3. The summed E-state index contributed by atoms with van der Waals surface area (Å²) in [7, 11) is 1.66. The van der Waals surface area contributed by atoms with Crippen molar-refractivity contribution >= 4 is 28.9 Å². The van der Waals surface area contributed by atoms with E-state index in [2.05, 4.69) is 4.90 Å². The third-order valence-corrected chi connectivity index (χ3v) is 5.25. The van der Waals surface area contributed by atoms with Crippen LogP contribution < -0.4 is 5.56 Å². The molecule has 0 saturated carbocycles. The SMILES string of the molecule is COCCCn1c(=O)c2ccccc2n2c(=S)n(CN3CCOCC3)nc12. The number of hydrogen-bond donors (Lipinski definition) is 0. The van der Waals surface area contributed by atoms with Crippen LogP contribution in [0.5, 0.6) is 0 Å². The zero-order valence-electron chi connectivity index (χ0n) is 15.3. The van der Waals surface area contributed by atoms with Gasteiger partial charge in [0.05, 0.1) is 30.8 Å². The Kier molecular flexibility index (Phi) is 5.35. The molecular formula is C18H23N5O3S. The van der Waals surface area contributed by atoms with Crippen LogP contribution in [0.3, 0.4) is 0 Å². The van der Waals surface area contributed by atoms with Gasteiger partial charge >= 0.3 is 0 Å². The summed E-state index contributed by atoms with van der Waals surface area (Å²) >= 11 is 5.73. The summed E-state index contributed by atoms with van der Waals surface area (Å²) in [5.41, 5.74) is 0.742. The molecule has 144 valence electrons. The molecule has 3 heterocycles. The van der Waals surface area contributed by atoms with Gasteiger partial charge in [-0.3, -0.25) is 18.7 Å². The predicted octanol–water partition coefficient (Wildman–Crippen LogP) is 1.51. The molecule has 0 unspecified atom stereocenters. The Morgan fingerprint density at radius 1 is 1.26 bits per heavy atom. The van der Waals surface area contributed by atoms with Crippen LogP contribution in [-0.2, 0) is 22.7 Å². The van der Waals surface area contributed by atoms with E-state index in [1.54, 1.807) is 16.4 Å². The van der Waals surface area contributed by atoms with Crippen LogP contribution in [0.1, 0.15) is 6.42 Å². The first-order valence-electron chi connectivity index (χ1n) is 9.11.